The first kappa shape index (κ1) is 18.6. The van der Waals surface area contributed by atoms with E-state index in [2.05, 4.69) is 4.72 Å². The lowest BCUT2D eigenvalue weighted by molar-refractivity contribution is 0.0724. The third-order valence-corrected chi connectivity index (χ3v) is 5.84. The van der Waals surface area contributed by atoms with Crippen molar-refractivity contribution >= 4 is 15.9 Å². The highest BCUT2D eigenvalue weighted by molar-refractivity contribution is 7.88. The lowest BCUT2D eigenvalue weighted by atomic mass is 10.1. The number of amides is 1. The van der Waals surface area contributed by atoms with Gasteiger partial charge in [0.1, 0.15) is 0 Å². The van der Waals surface area contributed by atoms with Crippen molar-refractivity contribution in [1.82, 2.24) is 9.62 Å². The van der Waals surface area contributed by atoms with Gasteiger partial charge in [-0.25, -0.2) is 13.1 Å². The molecule has 138 valence electrons. The molecule has 2 aromatic carbocycles. The van der Waals surface area contributed by atoms with Crippen molar-refractivity contribution in [2.45, 2.75) is 31.6 Å². The lowest BCUT2D eigenvalue weighted by Gasteiger charge is -2.26. The highest BCUT2D eigenvalue weighted by Gasteiger charge is 2.18. The summed E-state index contributed by atoms with van der Waals surface area (Å²) < 4.78 is 27.0. The number of likely N-dealkylation sites (tertiary alicyclic amines) is 1. The summed E-state index contributed by atoms with van der Waals surface area (Å²) in [5.74, 6) is 0.0141. The number of piperidine rings is 1. The first-order valence-electron chi connectivity index (χ1n) is 8.93. The fraction of sp³-hybridized carbons (Fsp3) is 0.350. The number of hydrogen-bond acceptors (Lipinski definition) is 3. The van der Waals surface area contributed by atoms with Gasteiger partial charge in [0.05, 0.1) is 5.75 Å². The molecule has 0 unspecified atom stereocenters. The summed E-state index contributed by atoms with van der Waals surface area (Å²) in [5.41, 5.74) is 2.24. The Morgan fingerprint density at radius 2 is 1.54 bits per heavy atom. The summed E-state index contributed by atoms with van der Waals surface area (Å²) in [7, 11) is -3.40. The second-order valence-corrected chi connectivity index (χ2v) is 8.42. The van der Waals surface area contributed by atoms with Crippen molar-refractivity contribution in [2.24, 2.45) is 0 Å². The average molecular weight is 372 g/mol. The van der Waals surface area contributed by atoms with Crippen LogP contribution >= 0.6 is 0 Å². The Balaban J connectivity index is 1.56. The van der Waals surface area contributed by atoms with Crippen molar-refractivity contribution in [3.8, 4) is 0 Å². The summed E-state index contributed by atoms with van der Waals surface area (Å²) >= 11 is 0. The van der Waals surface area contributed by atoms with Crippen LogP contribution < -0.4 is 4.72 Å². The van der Waals surface area contributed by atoms with Crippen molar-refractivity contribution in [2.75, 3.05) is 13.1 Å². The molecule has 1 aliphatic heterocycles. The standard InChI is InChI=1S/C20H24N2O3S/c23-20(22-13-5-2-6-14-22)19-11-9-17(10-12-19)15-21-26(24,25)16-18-7-3-1-4-8-18/h1,3-4,7-12,21H,2,5-6,13-16H2. The first-order valence-corrected chi connectivity index (χ1v) is 10.6. The molecule has 0 bridgehead atoms. The van der Waals surface area contributed by atoms with Crippen LogP contribution in [0.5, 0.6) is 0 Å². The molecule has 1 N–H and O–H groups in total. The molecule has 1 fully saturated rings. The molecule has 0 aliphatic carbocycles. The molecule has 0 aromatic heterocycles. The number of carbonyl (C=O) groups is 1. The molecule has 1 saturated heterocycles. The number of nitrogens with one attached hydrogen (secondary N) is 1. The number of benzene rings is 2. The van der Waals surface area contributed by atoms with E-state index in [1.54, 1.807) is 24.3 Å². The molecule has 26 heavy (non-hydrogen) atoms. The molecule has 2 aromatic rings. The SMILES string of the molecule is O=C(c1ccc(CNS(=O)(=O)Cc2ccccc2)cc1)N1CCCCC1. The van der Waals surface area contributed by atoms with Gasteiger partial charge < -0.3 is 4.90 Å². The van der Waals surface area contributed by atoms with Gasteiger partial charge in [0.25, 0.3) is 5.91 Å². The summed E-state index contributed by atoms with van der Waals surface area (Å²) in [5, 5.41) is 0. The van der Waals surface area contributed by atoms with Gasteiger partial charge in [-0.15, -0.1) is 0 Å². The normalized spacial score (nSPS) is 15.0. The Hall–Kier alpha value is -2.18. The van der Waals surface area contributed by atoms with Crippen LogP contribution in [0.2, 0.25) is 0 Å². The monoisotopic (exact) mass is 372 g/mol. The van der Waals surface area contributed by atoms with E-state index in [1.807, 2.05) is 35.2 Å². The van der Waals surface area contributed by atoms with Gasteiger partial charge in [0.2, 0.25) is 10.0 Å². The van der Waals surface area contributed by atoms with Crippen LogP contribution in [0.25, 0.3) is 0 Å². The van der Waals surface area contributed by atoms with E-state index in [0.717, 1.165) is 37.1 Å². The Bertz CT molecular complexity index is 827. The van der Waals surface area contributed by atoms with E-state index >= 15 is 0 Å². The predicted octanol–water partition coefficient (Wildman–Crippen LogP) is 2.93. The van der Waals surface area contributed by atoms with Crippen LogP contribution in [0.15, 0.2) is 54.6 Å². The van der Waals surface area contributed by atoms with Crippen LogP contribution in [0.4, 0.5) is 0 Å². The van der Waals surface area contributed by atoms with E-state index in [0.29, 0.717) is 5.56 Å². The Morgan fingerprint density at radius 3 is 2.19 bits per heavy atom. The first-order chi connectivity index (χ1) is 12.5. The molecule has 0 saturated carbocycles. The molecule has 6 heteroatoms. The van der Waals surface area contributed by atoms with E-state index in [-0.39, 0.29) is 18.2 Å². The minimum Gasteiger partial charge on any atom is -0.339 e. The van der Waals surface area contributed by atoms with Gasteiger partial charge in [-0.05, 0) is 42.5 Å². The predicted molar refractivity (Wildman–Crippen MR) is 102 cm³/mol. The van der Waals surface area contributed by atoms with Crippen molar-refractivity contribution < 1.29 is 13.2 Å². The van der Waals surface area contributed by atoms with E-state index < -0.39 is 10.0 Å². The van der Waals surface area contributed by atoms with Gasteiger partial charge >= 0.3 is 0 Å². The van der Waals surface area contributed by atoms with E-state index in [9.17, 15) is 13.2 Å². The smallest absolute Gasteiger partial charge is 0.253 e. The zero-order valence-electron chi connectivity index (χ0n) is 14.7. The van der Waals surface area contributed by atoms with Crippen LogP contribution in [-0.2, 0) is 22.3 Å². The number of carbonyl (C=O) groups excluding carboxylic acids is 1. The second kappa shape index (κ2) is 8.47. The molecule has 1 heterocycles. The van der Waals surface area contributed by atoms with Gasteiger partial charge in [-0.2, -0.15) is 0 Å². The topological polar surface area (TPSA) is 66.5 Å². The van der Waals surface area contributed by atoms with Gasteiger partial charge in [0, 0.05) is 25.2 Å². The quantitative estimate of drug-likeness (QED) is 0.848. The van der Waals surface area contributed by atoms with Crippen molar-refractivity contribution in [3.63, 3.8) is 0 Å². The minimum atomic E-state index is -3.40. The van der Waals surface area contributed by atoms with Crippen molar-refractivity contribution in [3.05, 3.63) is 71.3 Å². The maximum Gasteiger partial charge on any atom is 0.253 e. The van der Waals surface area contributed by atoms with Crippen LogP contribution in [-0.4, -0.2) is 32.3 Å². The zero-order valence-corrected chi connectivity index (χ0v) is 15.5. The fourth-order valence-electron chi connectivity index (χ4n) is 3.08. The van der Waals surface area contributed by atoms with Crippen LogP contribution in [0, 0.1) is 0 Å². The molecule has 3 rings (SSSR count). The highest BCUT2D eigenvalue weighted by Crippen LogP contribution is 2.14. The molecule has 1 amide bonds. The third-order valence-electron chi connectivity index (χ3n) is 4.54. The van der Waals surface area contributed by atoms with Gasteiger partial charge in [0.15, 0.2) is 0 Å². The summed E-state index contributed by atoms with van der Waals surface area (Å²) in [6.07, 6.45) is 3.31. The van der Waals surface area contributed by atoms with Crippen LogP contribution in [0.1, 0.15) is 40.7 Å². The Kier molecular flexibility index (Phi) is 6.06. The number of rotatable bonds is 6. The molecule has 0 spiro atoms. The average Bonchev–Trinajstić information content (AvgIpc) is 2.67. The van der Waals surface area contributed by atoms with Gasteiger partial charge in [-0.3, -0.25) is 4.79 Å². The summed E-state index contributed by atoms with van der Waals surface area (Å²) in [4.78, 5) is 14.3. The molecular weight excluding hydrogens is 348 g/mol. The fourth-order valence-corrected chi connectivity index (χ4v) is 4.20. The Labute approximate surface area is 155 Å². The van der Waals surface area contributed by atoms with E-state index in [1.165, 1.54) is 6.42 Å². The number of nitrogens with zero attached hydrogens (tertiary/aromatic N) is 1. The molecule has 1 aliphatic rings. The van der Waals surface area contributed by atoms with Gasteiger partial charge in [-0.1, -0.05) is 42.5 Å². The summed E-state index contributed by atoms with van der Waals surface area (Å²) in [6.45, 7) is 1.85. The maximum atomic E-state index is 12.4. The number of sulfonamides is 1. The Morgan fingerprint density at radius 1 is 0.885 bits per heavy atom. The largest absolute Gasteiger partial charge is 0.339 e. The lowest BCUT2D eigenvalue weighted by Crippen LogP contribution is -2.35. The molecular formula is C20H24N2O3S. The third kappa shape index (κ3) is 5.16. The maximum absolute atomic E-state index is 12.4. The highest BCUT2D eigenvalue weighted by atomic mass is 32.2. The second-order valence-electron chi connectivity index (χ2n) is 6.62. The van der Waals surface area contributed by atoms with Crippen LogP contribution in [0.3, 0.4) is 0 Å². The molecule has 0 radical (unpaired) electrons. The van der Waals surface area contributed by atoms with Crippen molar-refractivity contribution in [1.29, 1.82) is 0 Å². The van der Waals surface area contributed by atoms with E-state index in [4.69, 9.17) is 0 Å². The number of hydrogen-bond donors (Lipinski definition) is 1. The minimum absolute atomic E-state index is 0.0423. The molecule has 5 nitrogen and oxygen atoms in total. The zero-order chi connectivity index (χ0) is 18.4. The molecule has 0 atom stereocenters. The summed E-state index contributed by atoms with van der Waals surface area (Å²) in [6, 6.07) is 16.3.